The Kier molecular flexibility index (Phi) is 3.80. The summed E-state index contributed by atoms with van der Waals surface area (Å²) in [4.78, 5) is 4.78. The van der Waals surface area contributed by atoms with E-state index in [1.807, 2.05) is 25.1 Å². The van der Waals surface area contributed by atoms with E-state index in [1.54, 1.807) is 11.3 Å². The molecule has 0 amide bonds. The maximum Gasteiger partial charge on any atom is 0.129 e. The minimum Gasteiger partial charge on any atom is -0.493 e. The normalized spacial score (nSPS) is 18.7. The van der Waals surface area contributed by atoms with E-state index in [0.717, 1.165) is 22.9 Å². The minimum absolute atomic E-state index is 0.434. The monoisotopic (exact) mass is 274 g/mol. The van der Waals surface area contributed by atoms with Gasteiger partial charge in [0.15, 0.2) is 0 Å². The summed E-state index contributed by atoms with van der Waals surface area (Å²) >= 11 is 1.70. The van der Waals surface area contributed by atoms with Gasteiger partial charge in [0, 0.05) is 5.38 Å². The van der Waals surface area contributed by atoms with E-state index < -0.39 is 0 Å². The Morgan fingerprint density at radius 2 is 2.32 bits per heavy atom. The van der Waals surface area contributed by atoms with Gasteiger partial charge in [-0.25, -0.2) is 4.98 Å². The number of rotatable bonds is 4. The molecule has 0 radical (unpaired) electrons. The van der Waals surface area contributed by atoms with Crippen LogP contribution in [0.5, 0.6) is 5.75 Å². The second kappa shape index (κ2) is 5.72. The van der Waals surface area contributed by atoms with Crippen molar-refractivity contribution in [3.05, 3.63) is 35.3 Å². The Morgan fingerprint density at radius 1 is 1.42 bits per heavy atom. The average Bonchev–Trinajstić information content (AvgIpc) is 3.11. The number of ether oxygens (including phenoxy) is 1. The zero-order valence-electron chi connectivity index (χ0n) is 11.1. The van der Waals surface area contributed by atoms with Gasteiger partial charge in [-0.15, -0.1) is 11.3 Å². The summed E-state index contributed by atoms with van der Waals surface area (Å²) in [7, 11) is 0. The van der Waals surface area contributed by atoms with Crippen LogP contribution >= 0.6 is 11.3 Å². The highest BCUT2D eigenvalue weighted by atomic mass is 32.1. The Hall–Kier alpha value is -1.39. The fourth-order valence-electron chi connectivity index (χ4n) is 2.43. The van der Waals surface area contributed by atoms with Crippen molar-refractivity contribution in [2.24, 2.45) is 0 Å². The van der Waals surface area contributed by atoms with E-state index >= 15 is 0 Å². The molecule has 1 atom stereocenters. The molecule has 1 aromatic heterocycles. The number of nitrogens with one attached hydrogen (secondary N) is 1. The van der Waals surface area contributed by atoms with Crippen LogP contribution in [0.25, 0.3) is 10.6 Å². The molecule has 1 saturated heterocycles. The van der Waals surface area contributed by atoms with Crippen LogP contribution in [0.3, 0.4) is 0 Å². The molecule has 1 aliphatic rings. The minimum atomic E-state index is 0.434. The first-order chi connectivity index (χ1) is 9.38. The standard InChI is InChI=1S/C15H18N2OS/c1-2-18-14-8-4-3-6-11(14)15-17-13(10-19-15)12-7-5-9-16-12/h3-4,6,8,10,12,16H,2,5,7,9H2,1H3/t12-/m0/s1. The fraction of sp³-hybridized carbons (Fsp3) is 0.400. The number of thiazole rings is 1. The van der Waals surface area contributed by atoms with Crippen LogP contribution in [-0.2, 0) is 0 Å². The van der Waals surface area contributed by atoms with Gasteiger partial charge in [-0.05, 0) is 38.4 Å². The Morgan fingerprint density at radius 3 is 3.11 bits per heavy atom. The first-order valence-electron chi connectivity index (χ1n) is 6.79. The van der Waals surface area contributed by atoms with Crippen molar-refractivity contribution >= 4 is 11.3 Å². The summed E-state index contributed by atoms with van der Waals surface area (Å²) in [6, 6.07) is 8.56. The third-order valence-electron chi connectivity index (χ3n) is 3.36. The molecule has 1 N–H and O–H groups in total. The Bertz CT molecular complexity index is 547. The van der Waals surface area contributed by atoms with Gasteiger partial charge in [0.05, 0.1) is 23.9 Å². The zero-order chi connectivity index (χ0) is 13.1. The van der Waals surface area contributed by atoms with Crippen LogP contribution in [0, 0.1) is 0 Å². The number of para-hydroxylation sites is 1. The van der Waals surface area contributed by atoms with Crippen molar-refractivity contribution in [1.29, 1.82) is 0 Å². The summed E-state index contributed by atoms with van der Waals surface area (Å²) in [5, 5.41) is 6.71. The van der Waals surface area contributed by atoms with Gasteiger partial charge in [0.25, 0.3) is 0 Å². The average molecular weight is 274 g/mol. The van der Waals surface area contributed by atoms with Crippen molar-refractivity contribution in [3.63, 3.8) is 0 Å². The molecule has 2 aromatic rings. The molecule has 0 spiro atoms. The van der Waals surface area contributed by atoms with Gasteiger partial charge in [0.2, 0.25) is 0 Å². The van der Waals surface area contributed by atoms with E-state index in [2.05, 4.69) is 16.8 Å². The summed E-state index contributed by atoms with van der Waals surface area (Å²) in [5.41, 5.74) is 2.27. The molecular formula is C15H18N2OS. The van der Waals surface area contributed by atoms with E-state index in [9.17, 15) is 0 Å². The second-order valence-electron chi connectivity index (χ2n) is 4.66. The third-order valence-corrected chi connectivity index (χ3v) is 4.25. The summed E-state index contributed by atoms with van der Waals surface area (Å²) in [6.07, 6.45) is 2.43. The first-order valence-corrected chi connectivity index (χ1v) is 7.67. The molecule has 0 aliphatic carbocycles. The number of hydrogen-bond acceptors (Lipinski definition) is 4. The SMILES string of the molecule is CCOc1ccccc1-c1nc([C@@H]2CCCN2)cs1. The van der Waals surface area contributed by atoms with Gasteiger partial charge >= 0.3 is 0 Å². The van der Waals surface area contributed by atoms with Crippen molar-refractivity contribution in [2.45, 2.75) is 25.8 Å². The molecule has 3 rings (SSSR count). The third kappa shape index (κ3) is 2.65. The molecule has 2 heterocycles. The van der Waals surface area contributed by atoms with Crippen molar-refractivity contribution in [1.82, 2.24) is 10.3 Å². The molecule has 1 aromatic carbocycles. The Labute approximate surface area is 117 Å². The van der Waals surface area contributed by atoms with Gasteiger partial charge in [-0.2, -0.15) is 0 Å². The van der Waals surface area contributed by atoms with E-state index in [-0.39, 0.29) is 0 Å². The molecule has 19 heavy (non-hydrogen) atoms. The van der Waals surface area contributed by atoms with E-state index in [1.165, 1.54) is 18.5 Å². The molecule has 100 valence electrons. The van der Waals surface area contributed by atoms with Crippen LogP contribution in [-0.4, -0.2) is 18.1 Å². The van der Waals surface area contributed by atoms with Gasteiger partial charge in [-0.1, -0.05) is 12.1 Å². The predicted octanol–water partition coefficient (Wildman–Crippen LogP) is 3.63. The molecule has 1 fully saturated rings. The van der Waals surface area contributed by atoms with Crippen molar-refractivity contribution in [2.75, 3.05) is 13.2 Å². The maximum absolute atomic E-state index is 5.68. The molecule has 0 unspecified atom stereocenters. The Balaban J connectivity index is 1.89. The maximum atomic E-state index is 5.68. The number of aromatic nitrogens is 1. The second-order valence-corrected chi connectivity index (χ2v) is 5.51. The van der Waals surface area contributed by atoms with Crippen LogP contribution in [0.1, 0.15) is 31.5 Å². The summed E-state index contributed by atoms with van der Waals surface area (Å²) in [6.45, 7) is 3.79. The van der Waals surface area contributed by atoms with Crippen LogP contribution in [0.2, 0.25) is 0 Å². The lowest BCUT2D eigenvalue weighted by Crippen LogP contribution is -2.12. The highest BCUT2D eigenvalue weighted by Gasteiger charge is 2.20. The van der Waals surface area contributed by atoms with E-state index in [4.69, 9.17) is 9.72 Å². The topological polar surface area (TPSA) is 34.1 Å². The van der Waals surface area contributed by atoms with Crippen LogP contribution in [0.4, 0.5) is 0 Å². The molecular weight excluding hydrogens is 256 g/mol. The predicted molar refractivity (Wildman–Crippen MR) is 78.7 cm³/mol. The number of nitrogens with zero attached hydrogens (tertiary/aromatic N) is 1. The summed E-state index contributed by atoms with van der Waals surface area (Å²) < 4.78 is 5.68. The lowest BCUT2D eigenvalue weighted by atomic mass is 10.2. The van der Waals surface area contributed by atoms with Gasteiger partial charge in [-0.3, -0.25) is 0 Å². The highest BCUT2D eigenvalue weighted by molar-refractivity contribution is 7.13. The van der Waals surface area contributed by atoms with Gasteiger partial charge in [0.1, 0.15) is 10.8 Å². The molecule has 1 aliphatic heterocycles. The van der Waals surface area contributed by atoms with Crippen molar-refractivity contribution < 1.29 is 4.74 Å². The quantitative estimate of drug-likeness (QED) is 0.924. The largest absolute Gasteiger partial charge is 0.493 e. The fourth-order valence-corrected chi connectivity index (χ4v) is 3.33. The van der Waals surface area contributed by atoms with Crippen LogP contribution in [0.15, 0.2) is 29.6 Å². The molecule has 0 bridgehead atoms. The van der Waals surface area contributed by atoms with E-state index in [0.29, 0.717) is 12.6 Å². The summed E-state index contributed by atoms with van der Waals surface area (Å²) in [5.74, 6) is 0.922. The van der Waals surface area contributed by atoms with Gasteiger partial charge < -0.3 is 10.1 Å². The van der Waals surface area contributed by atoms with Crippen molar-refractivity contribution in [3.8, 4) is 16.3 Å². The smallest absolute Gasteiger partial charge is 0.129 e. The number of benzene rings is 1. The van der Waals surface area contributed by atoms with Crippen LogP contribution < -0.4 is 10.1 Å². The molecule has 4 heteroatoms. The lowest BCUT2D eigenvalue weighted by Gasteiger charge is -2.08. The highest BCUT2D eigenvalue weighted by Crippen LogP contribution is 2.34. The zero-order valence-corrected chi connectivity index (χ0v) is 11.9. The first kappa shape index (κ1) is 12.6. The lowest BCUT2D eigenvalue weighted by molar-refractivity contribution is 0.341. The molecule has 3 nitrogen and oxygen atoms in total. The molecule has 0 saturated carbocycles. The number of hydrogen-bond donors (Lipinski definition) is 1.